The minimum Gasteiger partial charge on any atom is -0.310 e. The standard InChI is InChI=1S/C16H24ClN/c1-12(2)14-6-4-8-16(10-14)18-11-13-5-3-7-15(17)9-13/h3,5,7,9,12,14,16,18H,4,6,8,10-11H2,1-2H3. The van der Waals surface area contributed by atoms with Gasteiger partial charge in [0.05, 0.1) is 0 Å². The van der Waals surface area contributed by atoms with E-state index in [1.54, 1.807) is 0 Å². The Hall–Kier alpha value is -0.530. The van der Waals surface area contributed by atoms with Crippen molar-refractivity contribution in [3.8, 4) is 0 Å². The van der Waals surface area contributed by atoms with Crippen LogP contribution in [0.3, 0.4) is 0 Å². The van der Waals surface area contributed by atoms with E-state index in [1.807, 2.05) is 12.1 Å². The largest absolute Gasteiger partial charge is 0.310 e. The second-order valence-electron chi connectivity index (χ2n) is 5.88. The molecule has 1 saturated carbocycles. The maximum absolute atomic E-state index is 6.00. The molecular weight excluding hydrogens is 242 g/mol. The van der Waals surface area contributed by atoms with E-state index in [9.17, 15) is 0 Å². The molecule has 1 nitrogen and oxygen atoms in total. The topological polar surface area (TPSA) is 12.0 Å². The van der Waals surface area contributed by atoms with E-state index in [4.69, 9.17) is 11.6 Å². The second-order valence-corrected chi connectivity index (χ2v) is 6.31. The van der Waals surface area contributed by atoms with Crippen molar-refractivity contribution in [3.63, 3.8) is 0 Å². The lowest BCUT2D eigenvalue weighted by atomic mass is 9.79. The Morgan fingerprint density at radius 2 is 2.17 bits per heavy atom. The van der Waals surface area contributed by atoms with Gasteiger partial charge in [0.25, 0.3) is 0 Å². The van der Waals surface area contributed by atoms with Crippen molar-refractivity contribution in [1.82, 2.24) is 5.32 Å². The van der Waals surface area contributed by atoms with Crippen LogP contribution < -0.4 is 5.32 Å². The summed E-state index contributed by atoms with van der Waals surface area (Å²) in [7, 11) is 0. The summed E-state index contributed by atoms with van der Waals surface area (Å²) >= 11 is 6.00. The molecule has 0 bridgehead atoms. The predicted molar refractivity (Wildman–Crippen MR) is 78.9 cm³/mol. The average molecular weight is 266 g/mol. The van der Waals surface area contributed by atoms with Gasteiger partial charge in [-0.1, -0.05) is 50.4 Å². The summed E-state index contributed by atoms with van der Waals surface area (Å²) in [6.45, 7) is 5.64. The number of rotatable bonds is 4. The summed E-state index contributed by atoms with van der Waals surface area (Å²) < 4.78 is 0. The van der Waals surface area contributed by atoms with Gasteiger partial charge in [-0.05, 0) is 42.4 Å². The van der Waals surface area contributed by atoms with Crippen molar-refractivity contribution >= 4 is 11.6 Å². The molecule has 100 valence electrons. The monoisotopic (exact) mass is 265 g/mol. The maximum atomic E-state index is 6.00. The molecule has 0 amide bonds. The van der Waals surface area contributed by atoms with Crippen molar-refractivity contribution in [1.29, 1.82) is 0 Å². The normalized spacial score (nSPS) is 24.4. The van der Waals surface area contributed by atoms with Gasteiger partial charge in [-0.3, -0.25) is 0 Å². The zero-order valence-electron chi connectivity index (χ0n) is 11.5. The second kappa shape index (κ2) is 6.58. The van der Waals surface area contributed by atoms with E-state index in [1.165, 1.54) is 31.2 Å². The smallest absolute Gasteiger partial charge is 0.0409 e. The van der Waals surface area contributed by atoms with Gasteiger partial charge in [0.2, 0.25) is 0 Å². The average Bonchev–Trinajstić information content (AvgIpc) is 2.37. The van der Waals surface area contributed by atoms with Gasteiger partial charge >= 0.3 is 0 Å². The van der Waals surface area contributed by atoms with Crippen LogP contribution in [-0.2, 0) is 6.54 Å². The first-order valence-electron chi connectivity index (χ1n) is 7.13. The van der Waals surface area contributed by atoms with Crippen LogP contribution in [0.15, 0.2) is 24.3 Å². The van der Waals surface area contributed by atoms with Crippen LogP contribution in [0.25, 0.3) is 0 Å². The summed E-state index contributed by atoms with van der Waals surface area (Å²) in [5.41, 5.74) is 1.29. The Kier molecular flexibility index (Phi) is 5.08. The van der Waals surface area contributed by atoms with Crippen LogP contribution in [0.1, 0.15) is 45.1 Å². The third kappa shape index (κ3) is 4.00. The highest BCUT2D eigenvalue weighted by molar-refractivity contribution is 6.30. The Labute approximate surface area is 116 Å². The van der Waals surface area contributed by atoms with Crippen LogP contribution >= 0.6 is 11.6 Å². The zero-order chi connectivity index (χ0) is 13.0. The first-order chi connectivity index (χ1) is 8.65. The molecule has 1 fully saturated rings. The summed E-state index contributed by atoms with van der Waals surface area (Å²) in [6.07, 6.45) is 5.44. The molecule has 1 aromatic carbocycles. The third-order valence-corrected chi connectivity index (χ3v) is 4.38. The highest BCUT2D eigenvalue weighted by atomic mass is 35.5. The summed E-state index contributed by atoms with van der Waals surface area (Å²) in [5.74, 6) is 1.72. The molecule has 2 heteroatoms. The molecule has 2 unspecified atom stereocenters. The molecule has 2 rings (SSSR count). The molecule has 1 aliphatic rings. The molecule has 0 saturated heterocycles. The molecular formula is C16H24ClN. The van der Waals surface area contributed by atoms with Gasteiger partial charge in [-0.2, -0.15) is 0 Å². The number of nitrogens with one attached hydrogen (secondary N) is 1. The zero-order valence-corrected chi connectivity index (χ0v) is 12.2. The van der Waals surface area contributed by atoms with Crippen molar-refractivity contribution in [2.24, 2.45) is 11.8 Å². The first kappa shape index (κ1) is 13.9. The Morgan fingerprint density at radius 3 is 2.89 bits per heavy atom. The van der Waals surface area contributed by atoms with E-state index in [0.29, 0.717) is 6.04 Å². The van der Waals surface area contributed by atoms with Crippen molar-refractivity contribution in [2.45, 2.75) is 52.1 Å². The first-order valence-corrected chi connectivity index (χ1v) is 7.51. The number of benzene rings is 1. The van der Waals surface area contributed by atoms with Gasteiger partial charge < -0.3 is 5.32 Å². The van der Waals surface area contributed by atoms with E-state index in [2.05, 4.69) is 31.3 Å². The summed E-state index contributed by atoms with van der Waals surface area (Å²) in [4.78, 5) is 0. The quantitative estimate of drug-likeness (QED) is 0.836. The molecule has 1 aromatic rings. The molecule has 1 aliphatic carbocycles. The maximum Gasteiger partial charge on any atom is 0.0409 e. The fourth-order valence-electron chi connectivity index (χ4n) is 2.93. The van der Waals surface area contributed by atoms with Gasteiger partial charge in [0, 0.05) is 17.6 Å². The minimum atomic E-state index is 0.685. The number of hydrogen-bond acceptors (Lipinski definition) is 1. The van der Waals surface area contributed by atoms with E-state index >= 15 is 0 Å². The van der Waals surface area contributed by atoms with E-state index in [-0.39, 0.29) is 0 Å². The molecule has 0 spiro atoms. The number of halogens is 1. The van der Waals surface area contributed by atoms with Gasteiger partial charge in [0.1, 0.15) is 0 Å². The fourth-order valence-corrected chi connectivity index (χ4v) is 3.14. The van der Waals surface area contributed by atoms with E-state index < -0.39 is 0 Å². The Bertz CT molecular complexity index is 375. The Morgan fingerprint density at radius 1 is 1.33 bits per heavy atom. The lowest BCUT2D eigenvalue weighted by molar-refractivity contribution is 0.231. The number of hydrogen-bond donors (Lipinski definition) is 1. The molecule has 18 heavy (non-hydrogen) atoms. The lowest BCUT2D eigenvalue weighted by Gasteiger charge is -2.32. The molecule has 1 N–H and O–H groups in total. The highest BCUT2D eigenvalue weighted by Crippen LogP contribution is 2.30. The van der Waals surface area contributed by atoms with Crippen LogP contribution in [-0.4, -0.2) is 6.04 Å². The minimum absolute atomic E-state index is 0.685. The van der Waals surface area contributed by atoms with E-state index in [0.717, 1.165) is 23.4 Å². The van der Waals surface area contributed by atoms with Gasteiger partial charge in [-0.15, -0.1) is 0 Å². The van der Waals surface area contributed by atoms with Crippen LogP contribution in [0.4, 0.5) is 0 Å². The Balaban J connectivity index is 1.83. The van der Waals surface area contributed by atoms with Crippen molar-refractivity contribution in [3.05, 3.63) is 34.9 Å². The SMILES string of the molecule is CC(C)C1CCCC(NCc2cccc(Cl)c2)C1. The van der Waals surface area contributed by atoms with Gasteiger partial charge in [0.15, 0.2) is 0 Å². The van der Waals surface area contributed by atoms with Crippen LogP contribution in [0, 0.1) is 11.8 Å². The fraction of sp³-hybridized carbons (Fsp3) is 0.625. The van der Waals surface area contributed by atoms with Crippen LogP contribution in [0.5, 0.6) is 0 Å². The van der Waals surface area contributed by atoms with Crippen molar-refractivity contribution < 1.29 is 0 Å². The molecule has 0 aromatic heterocycles. The highest BCUT2D eigenvalue weighted by Gasteiger charge is 2.23. The molecule has 2 atom stereocenters. The van der Waals surface area contributed by atoms with Gasteiger partial charge in [-0.25, -0.2) is 0 Å². The summed E-state index contributed by atoms with van der Waals surface area (Å²) in [5, 5.41) is 4.52. The van der Waals surface area contributed by atoms with Crippen LogP contribution in [0.2, 0.25) is 5.02 Å². The third-order valence-electron chi connectivity index (χ3n) is 4.14. The predicted octanol–water partition coefficient (Wildman–Crippen LogP) is 4.64. The molecule has 0 aliphatic heterocycles. The lowest BCUT2D eigenvalue weighted by Crippen LogP contribution is -2.35. The molecule has 0 heterocycles. The summed E-state index contributed by atoms with van der Waals surface area (Å²) in [6, 6.07) is 8.83. The van der Waals surface area contributed by atoms with Crippen molar-refractivity contribution in [2.75, 3.05) is 0 Å². The molecule has 0 radical (unpaired) electrons.